The van der Waals surface area contributed by atoms with Gasteiger partial charge in [-0.2, -0.15) is 0 Å². The van der Waals surface area contributed by atoms with E-state index in [1.54, 1.807) is 11.3 Å². The number of nitrogens with one attached hydrogen (secondary N) is 1. The van der Waals surface area contributed by atoms with Gasteiger partial charge < -0.3 is 5.32 Å². The Morgan fingerprint density at radius 2 is 2.22 bits per heavy atom. The van der Waals surface area contributed by atoms with E-state index < -0.39 is 0 Å². The molecule has 96 valence electrons. The predicted octanol–water partition coefficient (Wildman–Crippen LogP) is 3.05. The number of nitrogens with zero attached hydrogens (tertiary/aromatic N) is 2. The largest absolute Gasteiger partial charge is 0.310 e. The van der Waals surface area contributed by atoms with Crippen LogP contribution in [-0.2, 0) is 6.42 Å². The zero-order valence-corrected chi connectivity index (χ0v) is 11.9. The second kappa shape index (κ2) is 6.07. The molecule has 0 amide bonds. The van der Waals surface area contributed by atoms with Crippen LogP contribution >= 0.6 is 11.3 Å². The molecule has 0 aliphatic heterocycles. The minimum atomic E-state index is 0.319. The Hall–Kier alpha value is -1.26. The highest BCUT2D eigenvalue weighted by Crippen LogP contribution is 2.21. The Bertz CT molecular complexity index is 507. The summed E-state index contributed by atoms with van der Waals surface area (Å²) in [5.41, 5.74) is 3.72. The molecule has 0 spiro atoms. The summed E-state index contributed by atoms with van der Waals surface area (Å²) in [5, 5.41) is 6.81. The molecule has 0 radical (unpaired) electrons. The second-order valence-corrected chi connectivity index (χ2v) is 5.47. The Morgan fingerprint density at radius 3 is 2.83 bits per heavy atom. The molecule has 0 aliphatic rings. The van der Waals surface area contributed by atoms with E-state index in [1.165, 1.54) is 16.8 Å². The molecule has 0 saturated carbocycles. The van der Waals surface area contributed by atoms with Gasteiger partial charge >= 0.3 is 0 Å². The van der Waals surface area contributed by atoms with Gasteiger partial charge in [0.1, 0.15) is 0 Å². The van der Waals surface area contributed by atoms with Crippen LogP contribution in [0.15, 0.2) is 23.8 Å². The van der Waals surface area contributed by atoms with Gasteiger partial charge in [0.2, 0.25) is 0 Å². The molecule has 18 heavy (non-hydrogen) atoms. The number of thiazole rings is 1. The third-order valence-electron chi connectivity index (χ3n) is 2.97. The fourth-order valence-corrected chi connectivity index (χ4v) is 2.75. The molecule has 0 saturated heterocycles. The van der Waals surface area contributed by atoms with Gasteiger partial charge in [0, 0.05) is 30.2 Å². The van der Waals surface area contributed by atoms with E-state index in [9.17, 15) is 0 Å². The summed E-state index contributed by atoms with van der Waals surface area (Å²) in [6.45, 7) is 7.25. The van der Waals surface area contributed by atoms with Crippen molar-refractivity contribution >= 4 is 11.3 Å². The molecular formula is C14H19N3S. The summed E-state index contributed by atoms with van der Waals surface area (Å²) < 4.78 is 0. The smallest absolute Gasteiger partial charge is 0.0897 e. The van der Waals surface area contributed by atoms with E-state index >= 15 is 0 Å². The van der Waals surface area contributed by atoms with Crippen LogP contribution in [-0.4, -0.2) is 16.5 Å². The minimum Gasteiger partial charge on any atom is -0.310 e. The summed E-state index contributed by atoms with van der Waals surface area (Å²) >= 11 is 1.71. The van der Waals surface area contributed by atoms with Crippen molar-refractivity contribution in [2.75, 3.05) is 6.54 Å². The first-order valence-electron chi connectivity index (χ1n) is 6.25. The van der Waals surface area contributed by atoms with Crippen molar-refractivity contribution < 1.29 is 0 Å². The first-order valence-corrected chi connectivity index (χ1v) is 7.13. The van der Waals surface area contributed by atoms with Crippen LogP contribution in [0.4, 0.5) is 0 Å². The topological polar surface area (TPSA) is 37.8 Å². The van der Waals surface area contributed by atoms with Crippen LogP contribution in [0.1, 0.15) is 34.8 Å². The summed E-state index contributed by atoms with van der Waals surface area (Å²) in [7, 11) is 0. The standard InChI is InChI=1S/C14H19N3S/c1-4-16-14(7-12-9-18-11(3)17-12)13-5-6-15-8-10(13)2/h5-6,8-9,14,16H,4,7H2,1-3H3. The van der Waals surface area contributed by atoms with Crippen molar-refractivity contribution in [3.8, 4) is 0 Å². The molecule has 0 bridgehead atoms. The zero-order valence-electron chi connectivity index (χ0n) is 11.1. The Labute approximate surface area is 112 Å². The predicted molar refractivity (Wildman–Crippen MR) is 75.9 cm³/mol. The summed E-state index contributed by atoms with van der Waals surface area (Å²) in [5.74, 6) is 0. The molecule has 2 heterocycles. The minimum absolute atomic E-state index is 0.319. The molecule has 1 atom stereocenters. The van der Waals surface area contributed by atoms with Crippen LogP contribution in [0.2, 0.25) is 0 Å². The van der Waals surface area contributed by atoms with E-state index in [2.05, 4.69) is 40.6 Å². The van der Waals surface area contributed by atoms with Crippen LogP contribution in [0, 0.1) is 13.8 Å². The molecular weight excluding hydrogens is 242 g/mol. The quantitative estimate of drug-likeness (QED) is 0.899. The molecule has 2 aromatic heterocycles. The van der Waals surface area contributed by atoms with Crippen molar-refractivity contribution in [3.05, 3.63) is 45.7 Å². The van der Waals surface area contributed by atoms with Gasteiger partial charge in [0.05, 0.1) is 10.7 Å². The number of hydrogen-bond donors (Lipinski definition) is 1. The highest BCUT2D eigenvalue weighted by molar-refractivity contribution is 7.09. The van der Waals surface area contributed by atoms with Crippen LogP contribution in [0.3, 0.4) is 0 Å². The number of hydrogen-bond acceptors (Lipinski definition) is 4. The molecule has 4 heteroatoms. The molecule has 2 rings (SSSR count). The lowest BCUT2D eigenvalue weighted by atomic mass is 9.99. The zero-order chi connectivity index (χ0) is 13.0. The van der Waals surface area contributed by atoms with Crippen molar-refractivity contribution in [3.63, 3.8) is 0 Å². The molecule has 1 N–H and O–H groups in total. The summed E-state index contributed by atoms with van der Waals surface area (Å²) in [4.78, 5) is 8.71. The van der Waals surface area contributed by atoms with Gasteiger partial charge in [-0.1, -0.05) is 6.92 Å². The fraction of sp³-hybridized carbons (Fsp3) is 0.429. The lowest BCUT2D eigenvalue weighted by Gasteiger charge is -2.19. The van der Waals surface area contributed by atoms with Crippen molar-refractivity contribution in [1.82, 2.24) is 15.3 Å². The number of aryl methyl sites for hydroxylation is 2. The third kappa shape index (κ3) is 3.15. The third-order valence-corrected chi connectivity index (χ3v) is 3.79. The molecule has 3 nitrogen and oxygen atoms in total. The Morgan fingerprint density at radius 1 is 1.39 bits per heavy atom. The average molecular weight is 261 g/mol. The van der Waals surface area contributed by atoms with Gasteiger partial charge in [-0.3, -0.25) is 4.98 Å². The van der Waals surface area contributed by atoms with E-state index in [0.29, 0.717) is 6.04 Å². The van der Waals surface area contributed by atoms with Gasteiger partial charge in [-0.15, -0.1) is 11.3 Å². The highest BCUT2D eigenvalue weighted by atomic mass is 32.1. The molecule has 0 aromatic carbocycles. The fourth-order valence-electron chi connectivity index (χ4n) is 2.12. The lowest BCUT2D eigenvalue weighted by molar-refractivity contribution is 0.542. The monoisotopic (exact) mass is 261 g/mol. The van der Waals surface area contributed by atoms with Crippen molar-refractivity contribution in [2.45, 2.75) is 33.2 Å². The SMILES string of the molecule is CCNC(Cc1csc(C)n1)c1ccncc1C. The average Bonchev–Trinajstić information content (AvgIpc) is 2.75. The van der Waals surface area contributed by atoms with Gasteiger partial charge in [-0.25, -0.2) is 4.98 Å². The van der Waals surface area contributed by atoms with Gasteiger partial charge in [-0.05, 0) is 37.6 Å². The van der Waals surface area contributed by atoms with E-state index in [-0.39, 0.29) is 0 Å². The van der Waals surface area contributed by atoms with Crippen LogP contribution in [0.5, 0.6) is 0 Å². The Kier molecular flexibility index (Phi) is 4.44. The Balaban J connectivity index is 2.20. The maximum atomic E-state index is 4.55. The normalized spacial score (nSPS) is 12.6. The first kappa shape index (κ1) is 13.2. The van der Waals surface area contributed by atoms with Crippen LogP contribution in [0.25, 0.3) is 0 Å². The second-order valence-electron chi connectivity index (χ2n) is 4.40. The molecule has 2 aromatic rings. The lowest BCUT2D eigenvalue weighted by Crippen LogP contribution is -2.24. The summed E-state index contributed by atoms with van der Waals surface area (Å²) in [6, 6.07) is 2.42. The number of likely N-dealkylation sites (N-methyl/N-ethyl adjacent to an activating group) is 1. The van der Waals surface area contributed by atoms with Crippen molar-refractivity contribution in [2.24, 2.45) is 0 Å². The summed E-state index contributed by atoms with van der Waals surface area (Å²) in [6.07, 6.45) is 4.72. The van der Waals surface area contributed by atoms with Gasteiger partial charge in [0.25, 0.3) is 0 Å². The van der Waals surface area contributed by atoms with Crippen LogP contribution < -0.4 is 5.32 Å². The first-order chi connectivity index (χ1) is 8.70. The molecule has 0 fully saturated rings. The molecule has 1 unspecified atom stereocenters. The van der Waals surface area contributed by atoms with E-state index in [1.807, 2.05) is 19.3 Å². The van der Waals surface area contributed by atoms with Gasteiger partial charge in [0.15, 0.2) is 0 Å². The van der Waals surface area contributed by atoms with Crippen molar-refractivity contribution in [1.29, 1.82) is 0 Å². The van der Waals surface area contributed by atoms with E-state index in [0.717, 1.165) is 18.0 Å². The number of pyridine rings is 1. The number of rotatable bonds is 5. The van der Waals surface area contributed by atoms with E-state index in [4.69, 9.17) is 0 Å². The maximum Gasteiger partial charge on any atom is 0.0897 e. The highest BCUT2D eigenvalue weighted by Gasteiger charge is 2.14. The molecule has 0 aliphatic carbocycles. The number of aromatic nitrogens is 2. The maximum absolute atomic E-state index is 4.55.